The van der Waals surface area contributed by atoms with Crippen LogP contribution in [0.2, 0.25) is 0 Å². The molecule has 1 amide bonds. The number of benzene rings is 3. The van der Waals surface area contributed by atoms with Crippen LogP contribution in [0.5, 0.6) is 5.75 Å². The van der Waals surface area contributed by atoms with Gasteiger partial charge < -0.3 is 10.5 Å². The Morgan fingerprint density at radius 2 is 1.67 bits per heavy atom. The molecule has 1 aliphatic heterocycles. The summed E-state index contributed by atoms with van der Waals surface area (Å²) in [6.45, 7) is 0. The van der Waals surface area contributed by atoms with Crippen LogP contribution in [0.1, 0.15) is 17.2 Å². The molecule has 0 spiro atoms. The predicted octanol–water partition coefficient (Wildman–Crippen LogP) is 4.05. The summed E-state index contributed by atoms with van der Waals surface area (Å²) in [6.07, 6.45) is 0.606. The number of carbonyl (C=O) groups is 1. The molecule has 2 atom stereocenters. The van der Waals surface area contributed by atoms with Gasteiger partial charge in [0.15, 0.2) is 5.96 Å². The zero-order valence-electron chi connectivity index (χ0n) is 17.2. The van der Waals surface area contributed by atoms with Crippen LogP contribution in [0.3, 0.4) is 0 Å². The number of hydrogen-bond donors (Lipinski definition) is 1. The number of ether oxygens (including phenoxy) is 1. The van der Waals surface area contributed by atoms with Crippen molar-refractivity contribution in [2.24, 2.45) is 16.6 Å². The van der Waals surface area contributed by atoms with E-state index in [4.69, 9.17) is 15.5 Å². The van der Waals surface area contributed by atoms with E-state index in [1.54, 1.807) is 14.2 Å². The summed E-state index contributed by atoms with van der Waals surface area (Å²) in [4.78, 5) is 19.3. The standard InChI is InChI=1S/C25H25N3O2/c1-28-24(29)22(14-17-8-4-3-5-9-17)23(27-25(28)26)20-12-6-10-18(15-20)19-11-7-13-21(16-19)30-2/h3-13,15-16,22-23H,14H2,1-2H3,(H2,26,27)/t22-,23-/m1/s1. The SMILES string of the molecule is COc1cccc(-c2cccc([C@H]3N=C(N)N(C)C(=O)[C@@H]3Cc3ccccc3)c2)c1. The van der Waals surface area contributed by atoms with Crippen molar-refractivity contribution in [1.29, 1.82) is 0 Å². The summed E-state index contributed by atoms with van der Waals surface area (Å²) in [5.41, 5.74) is 10.3. The Kier molecular flexibility index (Phi) is 5.53. The highest BCUT2D eigenvalue weighted by Crippen LogP contribution is 2.35. The van der Waals surface area contributed by atoms with Crippen LogP contribution in [-0.2, 0) is 11.2 Å². The van der Waals surface area contributed by atoms with E-state index in [9.17, 15) is 4.79 Å². The number of methoxy groups -OCH3 is 1. The fraction of sp³-hybridized carbons (Fsp3) is 0.200. The zero-order chi connectivity index (χ0) is 21.1. The number of hydrogen-bond acceptors (Lipinski definition) is 4. The average Bonchev–Trinajstić information content (AvgIpc) is 2.80. The van der Waals surface area contributed by atoms with Crippen molar-refractivity contribution in [3.8, 4) is 16.9 Å². The molecule has 3 aromatic rings. The third-order valence-corrected chi connectivity index (χ3v) is 5.57. The molecule has 5 nitrogen and oxygen atoms in total. The van der Waals surface area contributed by atoms with Crippen LogP contribution in [0.25, 0.3) is 11.1 Å². The quantitative estimate of drug-likeness (QED) is 0.704. The first kappa shape index (κ1) is 19.7. The molecule has 0 saturated carbocycles. The van der Waals surface area contributed by atoms with E-state index >= 15 is 0 Å². The lowest BCUT2D eigenvalue weighted by Gasteiger charge is -2.33. The minimum Gasteiger partial charge on any atom is -0.497 e. The van der Waals surface area contributed by atoms with E-state index in [-0.39, 0.29) is 23.8 Å². The first-order valence-corrected chi connectivity index (χ1v) is 9.96. The molecular formula is C25H25N3O2. The van der Waals surface area contributed by atoms with Gasteiger partial charge in [-0.15, -0.1) is 0 Å². The molecule has 0 bridgehead atoms. The molecular weight excluding hydrogens is 374 g/mol. The molecule has 1 aliphatic rings. The largest absolute Gasteiger partial charge is 0.497 e. The Hall–Kier alpha value is -3.60. The molecule has 0 radical (unpaired) electrons. The van der Waals surface area contributed by atoms with E-state index in [1.807, 2.05) is 72.8 Å². The van der Waals surface area contributed by atoms with Gasteiger partial charge >= 0.3 is 0 Å². The van der Waals surface area contributed by atoms with E-state index in [0.717, 1.165) is 28.0 Å². The van der Waals surface area contributed by atoms with Crippen molar-refractivity contribution in [2.75, 3.05) is 14.2 Å². The Bertz CT molecular complexity index is 1080. The Labute approximate surface area is 176 Å². The highest BCUT2D eigenvalue weighted by Gasteiger charge is 2.37. The van der Waals surface area contributed by atoms with Crippen molar-refractivity contribution in [3.63, 3.8) is 0 Å². The van der Waals surface area contributed by atoms with Gasteiger partial charge in [0.2, 0.25) is 5.91 Å². The Balaban J connectivity index is 1.73. The second-order valence-electron chi connectivity index (χ2n) is 7.48. The third-order valence-electron chi connectivity index (χ3n) is 5.57. The lowest BCUT2D eigenvalue weighted by molar-refractivity contribution is -0.132. The van der Waals surface area contributed by atoms with E-state index in [0.29, 0.717) is 6.42 Å². The highest BCUT2D eigenvalue weighted by molar-refractivity contribution is 5.99. The highest BCUT2D eigenvalue weighted by atomic mass is 16.5. The Morgan fingerprint density at radius 3 is 2.40 bits per heavy atom. The van der Waals surface area contributed by atoms with Crippen LogP contribution in [0.4, 0.5) is 0 Å². The molecule has 0 fully saturated rings. The van der Waals surface area contributed by atoms with Crippen LogP contribution in [0, 0.1) is 5.92 Å². The number of aliphatic imine (C=N–C) groups is 1. The van der Waals surface area contributed by atoms with Gasteiger partial charge in [0.05, 0.1) is 19.1 Å². The van der Waals surface area contributed by atoms with Gasteiger partial charge in [-0.05, 0) is 46.9 Å². The van der Waals surface area contributed by atoms with E-state index < -0.39 is 0 Å². The van der Waals surface area contributed by atoms with Crippen molar-refractivity contribution < 1.29 is 9.53 Å². The summed E-state index contributed by atoms with van der Waals surface area (Å²) in [7, 11) is 3.34. The maximum Gasteiger partial charge on any atom is 0.234 e. The molecule has 4 rings (SSSR count). The molecule has 0 saturated heterocycles. The van der Waals surface area contributed by atoms with Crippen molar-refractivity contribution >= 4 is 11.9 Å². The van der Waals surface area contributed by atoms with Gasteiger partial charge in [0.1, 0.15) is 5.75 Å². The van der Waals surface area contributed by atoms with Gasteiger partial charge in [-0.25, -0.2) is 4.99 Å². The lowest BCUT2D eigenvalue weighted by atomic mass is 9.85. The number of guanidine groups is 1. The van der Waals surface area contributed by atoms with Crippen molar-refractivity contribution in [3.05, 3.63) is 90.0 Å². The minimum atomic E-state index is -0.334. The minimum absolute atomic E-state index is 0.0110. The molecule has 3 aromatic carbocycles. The first-order valence-electron chi connectivity index (χ1n) is 9.96. The number of carbonyl (C=O) groups excluding carboxylic acids is 1. The molecule has 30 heavy (non-hydrogen) atoms. The van der Waals surface area contributed by atoms with Gasteiger partial charge in [-0.2, -0.15) is 0 Å². The molecule has 0 aromatic heterocycles. The molecule has 0 unspecified atom stereocenters. The van der Waals surface area contributed by atoms with Gasteiger partial charge in [-0.1, -0.05) is 60.7 Å². The van der Waals surface area contributed by atoms with E-state index in [2.05, 4.69) is 6.07 Å². The predicted molar refractivity (Wildman–Crippen MR) is 119 cm³/mol. The maximum absolute atomic E-state index is 13.1. The maximum atomic E-state index is 13.1. The monoisotopic (exact) mass is 399 g/mol. The van der Waals surface area contributed by atoms with Gasteiger partial charge in [-0.3, -0.25) is 9.69 Å². The fourth-order valence-corrected chi connectivity index (χ4v) is 3.89. The zero-order valence-corrected chi connectivity index (χ0v) is 17.2. The summed E-state index contributed by atoms with van der Waals surface area (Å²) < 4.78 is 5.36. The van der Waals surface area contributed by atoms with Crippen LogP contribution >= 0.6 is 0 Å². The van der Waals surface area contributed by atoms with E-state index in [1.165, 1.54) is 4.90 Å². The molecule has 152 valence electrons. The Morgan fingerprint density at radius 1 is 0.967 bits per heavy atom. The summed E-state index contributed by atoms with van der Waals surface area (Å²) in [6, 6.07) is 25.8. The summed E-state index contributed by atoms with van der Waals surface area (Å²) in [5, 5.41) is 0. The lowest BCUT2D eigenvalue weighted by Crippen LogP contribution is -2.48. The second-order valence-corrected chi connectivity index (χ2v) is 7.48. The molecule has 5 heteroatoms. The fourth-order valence-electron chi connectivity index (χ4n) is 3.89. The smallest absolute Gasteiger partial charge is 0.234 e. The van der Waals surface area contributed by atoms with Gasteiger partial charge in [0, 0.05) is 7.05 Å². The molecule has 1 heterocycles. The topological polar surface area (TPSA) is 67.9 Å². The summed E-state index contributed by atoms with van der Waals surface area (Å²) >= 11 is 0. The first-order chi connectivity index (χ1) is 14.6. The average molecular weight is 399 g/mol. The van der Waals surface area contributed by atoms with Crippen molar-refractivity contribution in [1.82, 2.24) is 4.90 Å². The van der Waals surface area contributed by atoms with Gasteiger partial charge in [0.25, 0.3) is 0 Å². The van der Waals surface area contributed by atoms with Crippen LogP contribution in [0.15, 0.2) is 83.9 Å². The number of amides is 1. The van der Waals surface area contributed by atoms with Crippen LogP contribution in [-0.4, -0.2) is 30.9 Å². The number of rotatable bonds is 5. The van der Waals surface area contributed by atoms with Crippen LogP contribution < -0.4 is 10.5 Å². The molecule has 2 N–H and O–H groups in total. The number of nitrogens with two attached hydrogens (primary N) is 1. The molecule has 0 aliphatic carbocycles. The summed E-state index contributed by atoms with van der Waals surface area (Å²) in [5.74, 6) is 0.728. The second kappa shape index (κ2) is 8.41. The number of nitrogens with zero attached hydrogens (tertiary/aromatic N) is 2. The van der Waals surface area contributed by atoms with Crippen molar-refractivity contribution in [2.45, 2.75) is 12.5 Å². The normalized spacial score (nSPS) is 18.8. The third kappa shape index (κ3) is 3.92.